The highest BCUT2D eigenvalue weighted by Crippen LogP contribution is 2.43. The largest absolute Gasteiger partial charge is 0.462 e. The molecule has 130 valence electrons. The van der Waals surface area contributed by atoms with Crippen molar-refractivity contribution in [3.8, 4) is 0 Å². The molecule has 0 aliphatic carbocycles. The fourth-order valence-corrected chi connectivity index (χ4v) is 1.66. The number of hydrogen-bond donors (Lipinski definition) is 2. The molecule has 1 aromatic rings. The molecule has 0 atom stereocenters. The van der Waals surface area contributed by atoms with Crippen molar-refractivity contribution in [1.29, 1.82) is 0 Å². The van der Waals surface area contributed by atoms with Crippen LogP contribution in [0.3, 0.4) is 0 Å². The molecule has 10 heteroatoms. The Hall–Kier alpha value is -2.00. The molecule has 1 aromatic heterocycles. The van der Waals surface area contributed by atoms with Gasteiger partial charge in [-0.05, 0) is 18.6 Å². The van der Waals surface area contributed by atoms with Gasteiger partial charge in [-0.1, -0.05) is 13.8 Å². The van der Waals surface area contributed by atoms with E-state index in [9.17, 15) is 31.1 Å². The third kappa shape index (κ3) is 4.05. The third-order valence-corrected chi connectivity index (χ3v) is 2.96. The maximum absolute atomic E-state index is 13.3. The van der Waals surface area contributed by atoms with Crippen molar-refractivity contribution in [3.63, 3.8) is 0 Å². The van der Waals surface area contributed by atoms with Crippen molar-refractivity contribution in [2.24, 2.45) is 5.92 Å². The third-order valence-electron chi connectivity index (χ3n) is 2.96. The summed E-state index contributed by atoms with van der Waals surface area (Å²) in [5.74, 6) is -2.99. The molecule has 0 saturated heterocycles. The molecule has 23 heavy (non-hydrogen) atoms. The quantitative estimate of drug-likeness (QED) is 0.652. The Morgan fingerprint density at radius 2 is 1.65 bits per heavy atom. The van der Waals surface area contributed by atoms with Crippen LogP contribution < -0.4 is 15.6 Å². The number of hydrogen-bond acceptors (Lipinski definition) is 2. The van der Waals surface area contributed by atoms with Crippen molar-refractivity contribution >= 4 is 11.7 Å². The second kappa shape index (κ2) is 6.25. The highest BCUT2D eigenvalue weighted by atomic mass is 19.4. The number of aromatic amines is 1. The highest BCUT2D eigenvalue weighted by molar-refractivity contribution is 5.79. The van der Waals surface area contributed by atoms with E-state index >= 15 is 0 Å². The van der Waals surface area contributed by atoms with Gasteiger partial charge in [0.05, 0.1) is 6.20 Å². The van der Waals surface area contributed by atoms with Crippen LogP contribution in [0.2, 0.25) is 0 Å². The van der Waals surface area contributed by atoms with Crippen molar-refractivity contribution in [2.45, 2.75) is 38.8 Å². The first-order valence-corrected chi connectivity index (χ1v) is 6.52. The van der Waals surface area contributed by atoms with Gasteiger partial charge in [0.25, 0.3) is 5.82 Å². The Morgan fingerprint density at radius 1 is 1.13 bits per heavy atom. The summed E-state index contributed by atoms with van der Waals surface area (Å²) in [6.07, 6.45) is -10.5. The molecule has 0 bridgehead atoms. The number of rotatable bonds is 4. The van der Waals surface area contributed by atoms with Crippen LogP contribution in [-0.4, -0.2) is 23.9 Å². The topological polar surface area (TPSA) is 55.3 Å². The zero-order valence-electron chi connectivity index (χ0n) is 12.5. The number of pyridine rings is 1. The minimum Gasteiger partial charge on any atom is -0.300 e. The van der Waals surface area contributed by atoms with Gasteiger partial charge in [0, 0.05) is 12.0 Å². The molecule has 0 aliphatic rings. The average Bonchev–Trinajstić information content (AvgIpc) is 2.34. The van der Waals surface area contributed by atoms with Gasteiger partial charge >= 0.3 is 18.0 Å². The molecule has 0 aromatic carbocycles. The summed E-state index contributed by atoms with van der Waals surface area (Å²) >= 11 is 0. The summed E-state index contributed by atoms with van der Waals surface area (Å²) in [6.45, 7) is 3.87. The number of halogens is 6. The number of carbonyl (C=O) groups is 1. The van der Waals surface area contributed by atoms with E-state index in [0.717, 1.165) is 11.4 Å². The predicted molar refractivity (Wildman–Crippen MR) is 69.2 cm³/mol. The van der Waals surface area contributed by atoms with Crippen molar-refractivity contribution in [3.05, 3.63) is 23.9 Å². The number of alkyl halides is 6. The molecule has 0 fully saturated rings. The van der Waals surface area contributed by atoms with Crippen LogP contribution in [0.4, 0.5) is 32.2 Å². The zero-order chi connectivity index (χ0) is 18.1. The number of aromatic nitrogens is 1. The van der Waals surface area contributed by atoms with Crippen molar-refractivity contribution in [2.75, 3.05) is 5.32 Å². The number of anilines is 1. The normalized spacial score (nSPS) is 13.1. The molecular weight excluding hydrogens is 328 g/mol. The fraction of sp³-hybridized carbons (Fsp3) is 0.538. The molecule has 1 rings (SSSR count). The summed E-state index contributed by atoms with van der Waals surface area (Å²) in [5, 5.41) is 2.42. The Bertz CT molecular complexity index is 554. The number of amides is 1. The number of H-pyrrole nitrogens is 1. The first-order chi connectivity index (χ1) is 10.3. The summed E-state index contributed by atoms with van der Waals surface area (Å²) in [4.78, 5) is 13.8. The maximum atomic E-state index is 13.3. The molecular formula is C13H16F6N3O+. The van der Waals surface area contributed by atoms with E-state index in [4.69, 9.17) is 0 Å². The van der Waals surface area contributed by atoms with Crippen LogP contribution in [0.15, 0.2) is 18.3 Å². The summed E-state index contributed by atoms with van der Waals surface area (Å²) in [6, 6.07) is 2.52. The van der Waals surface area contributed by atoms with Gasteiger partial charge in [0.15, 0.2) is 0 Å². The Morgan fingerprint density at radius 3 is 2.04 bits per heavy atom. The second-order valence-corrected chi connectivity index (χ2v) is 5.29. The van der Waals surface area contributed by atoms with Gasteiger partial charge in [-0.25, -0.2) is 10.3 Å². The Labute approximate surface area is 128 Å². The van der Waals surface area contributed by atoms with Crippen LogP contribution in [0, 0.1) is 12.8 Å². The summed E-state index contributed by atoms with van der Waals surface area (Å²) < 4.78 is 79.6. The lowest BCUT2D eigenvalue weighted by molar-refractivity contribution is -0.367. The minimum absolute atomic E-state index is 0.430. The van der Waals surface area contributed by atoms with E-state index < -0.39 is 35.7 Å². The number of aryl methyl sites for hydroxylation is 1. The van der Waals surface area contributed by atoms with Gasteiger partial charge in [-0.3, -0.25) is 10.1 Å². The molecule has 0 saturated carbocycles. The minimum atomic E-state index is -5.83. The van der Waals surface area contributed by atoms with Crippen LogP contribution in [-0.2, 0) is 4.79 Å². The van der Waals surface area contributed by atoms with E-state index in [-0.39, 0.29) is 0 Å². The van der Waals surface area contributed by atoms with Gasteiger partial charge in [0.1, 0.15) is 0 Å². The molecule has 1 heterocycles. The van der Waals surface area contributed by atoms with Gasteiger partial charge < -0.3 is 0 Å². The SMILES string of the molecule is Cc1cc[nH+]c(NC(NC(=O)C(C)C)(C(F)(F)F)C(F)(F)F)c1. The fourth-order valence-electron chi connectivity index (χ4n) is 1.66. The second-order valence-electron chi connectivity index (χ2n) is 5.29. The molecule has 0 spiro atoms. The average molecular weight is 344 g/mol. The molecule has 0 aliphatic heterocycles. The maximum Gasteiger partial charge on any atom is 0.462 e. The van der Waals surface area contributed by atoms with E-state index in [1.807, 2.05) is 0 Å². The lowest BCUT2D eigenvalue weighted by Gasteiger charge is -2.34. The standard InChI is InChI=1S/C13H15F6N3O/c1-7(2)10(23)22-11(12(14,15)16,13(17,18)19)21-9-6-8(3)4-5-20-9/h4-7H,1-3H3,(H,20,21)(H,22,23)/p+1. The Kier molecular flexibility index (Phi) is 5.17. The molecule has 3 N–H and O–H groups in total. The van der Waals surface area contributed by atoms with Gasteiger partial charge in [0.2, 0.25) is 5.91 Å². The van der Waals surface area contributed by atoms with E-state index in [1.165, 1.54) is 38.4 Å². The first kappa shape index (κ1) is 19.0. The molecule has 0 unspecified atom stereocenters. The summed E-state index contributed by atoms with van der Waals surface area (Å²) in [7, 11) is 0. The van der Waals surface area contributed by atoms with Crippen molar-refractivity contribution < 1.29 is 36.1 Å². The predicted octanol–water partition coefficient (Wildman–Crippen LogP) is 2.81. The number of nitrogens with one attached hydrogen (secondary N) is 3. The van der Waals surface area contributed by atoms with Crippen LogP contribution in [0.25, 0.3) is 0 Å². The lowest BCUT2D eigenvalue weighted by Crippen LogP contribution is -2.73. The highest BCUT2D eigenvalue weighted by Gasteiger charge is 2.76. The van der Waals surface area contributed by atoms with Gasteiger partial charge in [-0.15, -0.1) is 0 Å². The van der Waals surface area contributed by atoms with Crippen molar-refractivity contribution in [1.82, 2.24) is 5.32 Å². The first-order valence-electron chi connectivity index (χ1n) is 6.52. The zero-order valence-corrected chi connectivity index (χ0v) is 12.5. The van der Waals surface area contributed by atoms with E-state index in [1.54, 1.807) is 0 Å². The van der Waals surface area contributed by atoms with E-state index in [0.29, 0.717) is 5.56 Å². The molecule has 4 nitrogen and oxygen atoms in total. The molecule has 1 amide bonds. The number of carbonyl (C=O) groups excluding carboxylic acids is 1. The van der Waals surface area contributed by atoms with E-state index in [2.05, 4.69) is 4.98 Å². The van der Waals surface area contributed by atoms with Crippen LogP contribution >= 0.6 is 0 Å². The van der Waals surface area contributed by atoms with Crippen LogP contribution in [0.1, 0.15) is 19.4 Å². The van der Waals surface area contributed by atoms with Gasteiger partial charge in [-0.2, -0.15) is 26.3 Å². The smallest absolute Gasteiger partial charge is 0.300 e. The van der Waals surface area contributed by atoms with Crippen LogP contribution in [0.5, 0.6) is 0 Å². The molecule has 0 radical (unpaired) electrons. The lowest BCUT2D eigenvalue weighted by atomic mass is 10.1. The summed E-state index contributed by atoms with van der Waals surface area (Å²) in [5.41, 5.74) is -4.18. The Balaban J connectivity index is 3.41. The monoisotopic (exact) mass is 344 g/mol.